The Labute approximate surface area is 156 Å². The molecule has 2 atom stereocenters. The molecule has 0 radical (unpaired) electrons. The minimum Gasteiger partial charge on any atom is -0.313 e. The maximum Gasteiger partial charge on any atom is 0.264 e. The van der Waals surface area contributed by atoms with Gasteiger partial charge in [-0.3, -0.25) is 4.31 Å². The van der Waals surface area contributed by atoms with E-state index in [9.17, 15) is 8.42 Å². The van der Waals surface area contributed by atoms with Gasteiger partial charge in [0.1, 0.15) is 0 Å². The molecule has 26 heavy (non-hydrogen) atoms. The van der Waals surface area contributed by atoms with Crippen LogP contribution < -0.4 is 9.62 Å². The summed E-state index contributed by atoms with van der Waals surface area (Å²) in [5.41, 5.74) is 3.34. The van der Waals surface area contributed by atoms with E-state index in [-0.39, 0.29) is 0 Å². The van der Waals surface area contributed by atoms with Crippen LogP contribution in [0.5, 0.6) is 0 Å². The molecule has 0 saturated heterocycles. The molecule has 0 amide bonds. The lowest BCUT2D eigenvalue weighted by atomic mass is 10.0. The first-order valence-electron chi connectivity index (χ1n) is 9.55. The fourth-order valence-corrected chi connectivity index (χ4v) is 5.37. The van der Waals surface area contributed by atoms with Crippen LogP contribution in [-0.2, 0) is 16.4 Å². The van der Waals surface area contributed by atoms with Gasteiger partial charge in [-0.2, -0.15) is 0 Å². The molecule has 1 N–H and O–H groups in total. The van der Waals surface area contributed by atoms with Crippen LogP contribution in [0.15, 0.2) is 53.4 Å². The average Bonchev–Trinajstić information content (AvgIpc) is 3.30. The normalized spacial score (nSPS) is 21.7. The summed E-state index contributed by atoms with van der Waals surface area (Å²) < 4.78 is 27.4. The predicted molar refractivity (Wildman–Crippen MR) is 105 cm³/mol. The molecule has 4 nitrogen and oxygen atoms in total. The number of benzene rings is 2. The second-order valence-electron chi connectivity index (χ2n) is 7.28. The van der Waals surface area contributed by atoms with Gasteiger partial charge in [-0.25, -0.2) is 8.42 Å². The van der Waals surface area contributed by atoms with Crippen molar-refractivity contribution in [3.05, 3.63) is 59.7 Å². The van der Waals surface area contributed by atoms with Crippen LogP contribution in [0.3, 0.4) is 0 Å². The molecule has 2 aliphatic rings. The molecule has 4 rings (SSSR count). The molecule has 1 saturated carbocycles. The molecule has 0 bridgehead atoms. The van der Waals surface area contributed by atoms with Crippen LogP contribution in [0.1, 0.15) is 43.2 Å². The minimum absolute atomic E-state index is 0.360. The largest absolute Gasteiger partial charge is 0.313 e. The molecule has 0 spiro atoms. The maximum absolute atomic E-state index is 12.9. The Morgan fingerprint density at radius 1 is 1.15 bits per heavy atom. The fourth-order valence-electron chi connectivity index (χ4n) is 3.84. The highest BCUT2D eigenvalue weighted by Crippen LogP contribution is 2.43. The van der Waals surface area contributed by atoms with E-state index >= 15 is 0 Å². The number of nitrogens with zero attached hydrogens (tertiary/aromatic N) is 1. The van der Waals surface area contributed by atoms with Crippen molar-refractivity contribution in [2.75, 3.05) is 17.4 Å². The number of hydrogen-bond acceptors (Lipinski definition) is 3. The molecular formula is C21H26N2O2S. The third-order valence-corrected chi connectivity index (χ3v) is 7.27. The van der Waals surface area contributed by atoms with E-state index < -0.39 is 10.0 Å². The Morgan fingerprint density at radius 2 is 1.96 bits per heavy atom. The van der Waals surface area contributed by atoms with E-state index in [0.717, 1.165) is 24.2 Å². The maximum atomic E-state index is 12.9. The third-order valence-electron chi connectivity index (χ3n) is 5.44. The smallest absolute Gasteiger partial charge is 0.264 e. The zero-order valence-corrected chi connectivity index (χ0v) is 16.0. The van der Waals surface area contributed by atoms with Crippen LogP contribution >= 0.6 is 0 Å². The highest BCUT2D eigenvalue weighted by Gasteiger charge is 2.39. The predicted octanol–water partition coefficient (Wildman–Crippen LogP) is 3.68. The van der Waals surface area contributed by atoms with Crippen molar-refractivity contribution >= 4 is 15.7 Å². The highest BCUT2D eigenvalue weighted by molar-refractivity contribution is 7.92. The van der Waals surface area contributed by atoms with Gasteiger partial charge in [0.05, 0.1) is 10.6 Å². The van der Waals surface area contributed by atoms with Crippen LogP contribution in [-0.4, -0.2) is 27.5 Å². The minimum atomic E-state index is -3.47. The van der Waals surface area contributed by atoms with Gasteiger partial charge in [-0.15, -0.1) is 0 Å². The quantitative estimate of drug-likeness (QED) is 0.757. The van der Waals surface area contributed by atoms with E-state index in [0.29, 0.717) is 23.4 Å². The SMILES string of the molecule is CCCCN[C@@H]1C[C@H]1c1ccc2c(c1)CCN2S(=O)(=O)c1ccccc1. The number of unbranched alkanes of at least 4 members (excludes halogenated alkanes) is 1. The third kappa shape index (κ3) is 3.26. The lowest BCUT2D eigenvalue weighted by Gasteiger charge is -2.19. The van der Waals surface area contributed by atoms with Crippen molar-refractivity contribution in [1.29, 1.82) is 0 Å². The first-order valence-corrected chi connectivity index (χ1v) is 11.0. The van der Waals surface area contributed by atoms with E-state index in [1.807, 2.05) is 12.1 Å². The average molecular weight is 371 g/mol. The van der Waals surface area contributed by atoms with Crippen molar-refractivity contribution in [2.24, 2.45) is 0 Å². The molecule has 0 unspecified atom stereocenters. The fraction of sp³-hybridized carbons (Fsp3) is 0.429. The lowest BCUT2D eigenvalue weighted by Crippen LogP contribution is -2.29. The van der Waals surface area contributed by atoms with Gasteiger partial charge in [-0.05, 0) is 55.1 Å². The van der Waals surface area contributed by atoms with Crippen LogP contribution in [0, 0.1) is 0 Å². The van der Waals surface area contributed by atoms with Gasteiger partial charge in [0.2, 0.25) is 0 Å². The Balaban J connectivity index is 1.51. The Hall–Kier alpha value is -1.85. The van der Waals surface area contributed by atoms with Gasteiger partial charge in [0.25, 0.3) is 10.0 Å². The van der Waals surface area contributed by atoms with Crippen molar-refractivity contribution < 1.29 is 8.42 Å². The number of nitrogens with one attached hydrogen (secondary N) is 1. The molecule has 0 aromatic heterocycles. The van der Waals surface area contributed by atoms with Crippen LogP contribution in [0.25, 0.3) is 0 Å². The molecule has 5 heteroatoms. The van der Waals surface area contributed by atoms with Gasteiger partial charge >= 0.3 is 0 Å². The van der Waals surface area contributed by atoms with Crippen LogP contribution in [0.4, 0.5) is 5.69 Å². The topological polar surface area (TPSA) is 49.4 Å². The first kappa shape index (κ1) is 17.6. The van der Waals surface area contributed by atoms with E-state index in [4.69, 9.17) is 0 Å². The molecular weight excluding hydrogens is 344 g/mol. The summed E-state index contributed by atoms with van der Waals surface area (Å²) in [5, 5.41) is 3.62. The number of sulfonamides is 1. The summed E-state index contributed by atoms with van der Waals surface area (Å²) in [5.74, 6) is 0.580. The second kappa shape index (κ2) is 7.05. The number of anilines is 1. The van der Waals surface area contributed by atoms with Gasteiger partial charge in [0.15, 0.2) is 0 Å². The zero-order valence-electron chi connectivity index (χ0n) is 15.2. The summed E-state index contributed by atoms with van der Waals surface area (Å²) in [4.78, 5) is 0.360. The molecule has 2 aromatic carbocycles. The second-order valence-corrected chi connectivity index (χ2v) is 9.15. The lowest BCUT2D eigenvalue weighted by molar-refractivity contribution is 0.592. The first-order chi connectivity index (χ1) is 12.6. The molecule has 2 aromatic rings. The summed E-state index contributed by atoms with van der Waals surface area (Å²) in [6.07, 6.45) is 4.42. The van der Waals surface area contributed by atoms with E-state index in [2.05, 4.69) is 24.4 Å². The van der Waals surface area contributed by atoms with Gasteiger partial charge in [0, 0.05) is 18.5 Å². The summed E-state index contributed by atoms with van der Waals surface area (Å²) in [7, 11) is -3.47. The standard InChI is InChI=1S/C21H26N2O2S/c1-2-3-12-22-20-15-19(20)16-9-10-21-17(14-16)11-13-23(21)26(24,25)18-7-5-4-6-8-18/h4-10,14,19-20,22H,2-3,11-13,15H2,1H3/t19-,20+/m0/s1. The Bertz CT molecular complexity index is 880. The number of fused-ring (bicyclic) bond motifs is 1. The van der Waals surface area contributed by atoms with Crippen molar-refractivity contribution in [1.82, 2.24) is 5.32 Å². The van der Waals surface area contributed by atoms with Crippen LogP contribution in [0.2, 0.25) is 0 Å². The van der Waals surface area contributed by atoms with Gasteiger partial charge in [-0.1, -0.05) is 43.7 Å². The van der Waals surface area contributed by atoms with E-state index in [1.165, 1.54) is 24.8 Å². The molecule has 1 aliphatic carbocycles. The summed E-state index contributed by atoms with van der Waals surface area (Å²) in [6.45, 7) is 3.83. The zero-order chi connectivity index (χ0) is 18.1. The monoisotopic (exact) mass is 370 g/mol. The molecule has 1 fully saturated rings. The molecule has 1 heterocycles. The highest BCUT2D eigenvalue weighted by atomic mass is 32.2. The summed E-state index contributed by atoms with van der Waals surface area (Å²) in [6, 6.07) is 15.6. The Kier molecular flexibility index (Phi) is 4.76. The molecule has 138 valence electrons. The van der Waals surface area contributed by atoms with E-state index in [1.54, 1.807) is 28.6 Å². The van der Waals surface area contributed by atoms with Gasteiger partial charge < -0.3 is 5.32 Å². The van der Waals surface area contributed by atoms with Crippen molar-refractivity contribution in [2.45, 2.75) is 49.5 Å². The number of hydrogen-bond donors (Lipinski definition) is 1. The summed E-state index contributed by atoms with van der Waals surface area (Å²) >= 11 is 0. The molecule has 1 aliphatic heterocycles. The van der Waals surface area contributed by atoms with Crippen molar-refractivity contribution in [3.63, 3.8) is 0 Å². The Morgan fingerprint density at radius 3 is 2.73 bits per heavy atom. The van der Waals surface area contributed by atoms with Crippen molar-refractivity contribution in [3.8, 4) is 0 Å². The number of rotatable bonds is 7.